The second-order valence-corrected chi connectivity index (χ2v) is 5.00. The van der Waals surface area contributed by atoms with Crippen molar-refractivity contribution >= 4 is 17.4 Å². The van der Waals surface area contributed by atoms with Gasteiger partial charge in [-0.3, -0.25) is 0 Å². The number of hydrogen-bond acceptors (Lipinski definition) is 3. The Hall–Kier alpha value is -0.670. The Balaban J connectivity index is 2.16. The summed E-state index contributed by atoms with van der Waals surface area (Å²) in [6, 6.07) is 8.46. The monoisotopic (exact) mass is 239 g/mol. The Morgan fingerprint density at radius 2 is 1.94 bits per heavy atom. The summed E-state index contributed by atoms with van der Waals surface area (Å²) in [4.78, 5) is 1.29. The average Bonchev–Trinajstić information content (AvgIpc) is 2.29. The zero-order valence-electron chi connectivity index (χ0n) is 10.3. The van der Waals surface area contributed by atoms with Gasteiger partial charge in [-0.05, 0) is 36.4 Å². The van der Waals surface area contributed by atoms with Crippen LogP contribution in [-0.2, 0) is 4.74 Å². The molecule has 0 heterocycles. The predicted octanol–water partition coefficient (Wildman–Crippen LogP) is 3.49. The highest BCUT2D eigenvalue weighted by Gasteiger charge is 1.95. The molecule has 0 aromatic heterocycles. The summed E-state index contributed by atoms with van der Waals surface area (Å²) in [5, 5.41) is 3.34. The van der Waals surface area contributed by atoms with Gasteiger partial charge in [0.1, 0.15) is 0 Å². The maximum Gasteiger partial charge on any atom is 0.0639 e. The highest BCUT2D eigenvalue weighted by atomic mass is 32.2. The van der Waals surface area contributed by atoms with Gasteiger partial charge in [0.05, 0.1) is 6.61 Å². The Morgan fingerprint density at radius 3 is 2.50 bits per heavy atom. The van der Waals surface area contributed by atoms with Gasteiger partial charge in [-0.25, -0.2) is 0 Å². The lowest BCUT2D eigenvalue weighted by atomic mass is 10.2. The van der Waals surface area contributed by atoms with Crippen LogP contribution < -0.4 is 5.32 Å². The maximum absolute atomic E-state index is 5.50. The second kappa shape index (κ2) is 7.58. The SMILES string of the molecule is CSc1ccc(NCCOCC(C)C)cc1. The first-order valence-electron chi connectivity index (χ1n) is 5.68. The van der Waals surface area contributed by atoms with E-state index in [4.69, 9.17) is 4.74 Å². The van der Waals surface area contributed by atoms with Crippen LogP contribution in [0.15, 0.2) is 29.2 Å². The van der Waals surface area contributed by atoms with Crippen LogP contribution in [0.5, 0.6) is 0 Å². The number of thioether (sulfide) groups is 1. The lowest BCUT2D eigenvalue weighted by Gasteiger charge is -2.09. The van der Waals surface area contributed by atoms with Crippen LogP contribution in [0.3, 0.4) is 0 Å². The van der Waals surface area contributed by atoms with E-state index in [1.54, 1.807) is 11.8 Å². The lowest BCUT2D eigenvalue weighted by Crippen LogP contribution is -2.11. The molecule has 0 bridgehead atoms. The molecule has 3 heteroatoms. The molecule has 0 fully saturated rings. The highest BCUT2D eigenvalue weighted by molar-refractivity contribution is 7.98. The quantitative estimate of drug-likeness (QED) is 0.581. The molecule has 1 N–H and O–H groups in total. The third kappa shape index (κ3) is 5.42. The van der Waals surface area contributed by atoms with Gasteiger partial charge in [-0.2, -0.15) is 0 Å². The van der Waals surface area contributed by atoms with Crippen LogP contribution in [0.1, 0.15) is 13.8 Å². The van der Waals surface area contributed by atoms with Crippen molar-refractivity contribution in [3.63, 3.8) is 0 Å². The molecule has 0 atom stereocenters. The molecule has 1 aromatic rings. The van der Waals surface area contributed by atoms with E-state index in [9.17, 15) is 0 Å². The second-order valence-electron chi connectivity index (χ2n) is 4.12. The van der Waals surface area contributed by atoms with E-state index in [-0.39, 0.29) is 0 Å². The third-order valence-electron chi connectivity index (χ3n) is 2.12. The minimum Gasteiger partial charge on any atom is -0.383 e. The summed E-state index contributed by atoms with van der Waals surface area (Å²) in [6.45, 7) is 6.80. The van der Waals surface area contributed by atoms with Crippen LogP contribution in [0.25, 0.3) is 0 Å². The minimum absolute atomic E-state index is 0.612. The average molecular weight is 239 g/mol. The van der Waals surface area contributed by atoms with E-state index in [0.717, 1.165) is 25.4 Å². The molecule has 0 unspecified atom stereocenters. The topological polar surface area (TPSA) is 21.3 Å². The van der Waals surface area contributed by atoms with Crippen molar-refractivity contribution in [3.05, 3.63) is 24.3 Å². The van der Waals surface area contributed by atoms with E-state index in [0.29, 0.717) is 5.92 Å². The molecule has 0 aliphatic heterocycles. The van der Waals surface area contributed by atoms with Gasteiger partial charge in [0.2, 0.25) is 0 Å². The standard InChI is InChI=1S/C13H21NOS/c1-11(2)10-15-9-8-14-12-4-6-13(16-3)7-5-12/h4-7,11,14H,8-10H2,1-3H3. The van der Waals surface area contributed by atoms with Crippen molar-refractivity contribution in [2.24, 2.45) is 5.92 Å². The molecule has 16 heavy (non-hydrogen) atoms. The van der Waals surface area contributed by atoms with Crippen LogP contribution in [0.2, 0.25) is 0 Å². The molecule has 1 rings (SSSR count). The zero-order chi connectivity index (χ0) is 11.8. The molecule has 0 spiro atoms. The lowest BCUT2D eigenvalue weighted by molar-refractivity contribution is 0.118. The van der Waals surface area contributed by atoms with Gasteiger partial charge in [0.25, 0.3) is 0 Å². The molecule has 0 amide bonds. The van der Waals surface area contributed by atoms with Gasteiger partial charge < -0.3 is 10.1 Å². The summed E-state index contributed by atoms with van der Waals surface area (Å²) in [5.74, 6) is 0.612. The highest BCUT2D eigenvalue weighted by Crippen LogP contribution is 2.17. The number of rotatable bonds is 7. The van der Waals surface area contributed by atoms with Crippen molar-refractivity contribution < 1.29 is 4.74 Å². The van der Waals surface area contributed by atoms with Crippen molar-refractivity contribution in [1.29, 1.82) is 0 Å². The van der Waals surface area contributed by atoms with Gasteiger partial charge in [-0.15, -0.1) is 11.8 Å². The molecular weight excluding hydrogens is 218 g/mol. The summed E-state index contributed by atoms with van der Waals surface area (Å²) in [6.07, 6.45) is 2.09. The van der Waals surface area contributed by atoms with Crippen molar-refractivity contribution in [3.8, 4) is 0 Å². The normalized spacial score (nSPS) is 10.8. The number of ether oxygens (including phenoxy) is 1. The number of nitrogens with one attached hydrogen (secondary N) is 1. The predicted molar refractivity (Wildman–Crippen MR) is 72.4 cm³/mol. The zero-order valence-corrected chi connectivity index (χ0v) is 11.1. The van der Waals surface area contributed by atoms with E-state index < -0.39 is 0 Å². The molecular formula is C13H21NOS. The van der Waals surface area contributed by atoms with Crippen molar-refractivity contribution in [1.82, 2.24) is 0 Å². The fraction of sp³-hybridized carbons (Fsp3) is 0.538. The molecule has 90 valence electrons. The van der Waals surface area contributed by atoms with Crippen LogP contribution in [-0.4, -0.2) is 26.0 Å². The molecule has 0 saturated carbocycles. The number of anilines is 1. The smallest absolute Gasteiger partial charge is 0.0639 e. The fourth-order valence-electron chi connectivity index (χ4n) is 1.30. The number of benzene rings is 1. The van der Waals surface area contributed by atoms with Crippen LogP contribution in [0, 0.1) is 5.92 Å². The van der Waals surface area contributed by atoms with Crippen molar-refractivity contribution in [2.75, 3.05) is 31.3 Å². The minimum atomic E-state index is 0.612. The molecule has 2 nitrogen and oxygen atoms in total. The first kappa shape index (κ1) is 13.4. The van der Waals surface area contributed by atoms with Gasteiger partial charge in [0.15, 0.2) is 0 Å². The molecule has 0 aliphatic carbocycles. The Bertz CT molecular complexity index is 284. The summed E-state index contributed by atoms with van der Waals surface area (Å²) in [5.41, 5.74) is 1.16. The maximum atomic E-state index is 5.50. The largest absolute Gasteiger partial charge is 0.383 e. The van der Waals surface area contributed by atoms with E-state index in [2.05, 4.69) is 49.7 Å². The summed E-state index contributed by atoms with van der Waals surface area (Å²) in [7, 11) is 0. The molecule has 0 radical (unpaired) electrons. The van der Waals surface area contributed by atoms with Gasteiger partial charge in [-0.1, -0.05) is 13.8 Å². The van der Waals surface area contributed by atoms with E-state index in [1.165, 1.54) is 4.90 Å². The Kier molecular flexibility index (Phi) is 6.34. The molecule has 0 saturated heterocycles. The van der Waals surface area contributed by atoms with Crippen molar-refractivity contribution in [2.45, 2.75) is 18.7 Å². The van der Waals surface area contributed by atoms with Gasteiger partial charge >= 0.3 is 0 Å². The van der Waals surface area contributed by atoms with Crippen LogP contribution >= 0.6 is 11.8 Å². The van der Waals surface area contributed by atoms with E-state index in [1.807, 2.05) is 0 Å². The van der Waals surface area contributed by atoms with E-state index >= 15 is 0 Å². The Labute approximate surface area is 103 Å². The number of hydrogen-bond donors (Lipinski definition) is 1. The first-order chi connectivity index (χ1) is 7.72. The Morgan fingerprint density at radius 1 is 1.25 bits per heavy atom. The fourth-order valence-corrected chi connectivity index (χ4v) is 1.70. The first-order valence-corrected chi connectivity index (χ1v) is 6.90. The molecule has 1 aromatic carbocycles. The molecule has 0 aliphatic rings. The summed E-state index contributed by atoms with van der Waals surface area (Å²) < 4.78 is 5.50. The third-order valence-corrected chi connectivity index (χ3v) is 2.86. The van der Waals surface area contributed by atoms with Crippen LogP contribution in [0.4, 0.5) is 5.69 Å². The van der Waals surface area contributed by atoms with Gasteiger partial charge in [0, 0.05) is 23.7 Å². The summed E-state index contributed by atoms with van der Waals surface area (Å²) >= 11 is 1.76.